The molecular formula is C19H29N3O. The molecule has 2 fully saturated rings. The Labute approximate surface area is 139 Å². The van der Waals surface area contributed by atoms with Gasteiger partial charge in [0.05, 0.1) is 11.4 Å². The highest BCUT2D eigenvalue weighted by molar-refractivity contribution is 5.81. The van der Waals surface area contributed by atoms with Gasteiger partial charge in [-0.1, -0.05) is 19.1 Å². The van der Waals surface area contributed by atoms with E-state index >= 15 is 0 Å². The monoisotopic (exact) mass is 315 g/mol. The van der Waals surface area contributed by atoms with Crippen LogP contribution < -0.4 is 10.2 Å². The minimum absolute atomic E-state index is 0.444. The van der Waals surface area contributed by atoms with Crippen LogP contribution in [0.25, 0.3) is 0 Å². The van der Waals surface area contributed by atoms with E-state index < -0.39 is 0 Å². The van der Waals surface area contributed by atoms with E-state index in [0.29, 0.717) is 11.6 Å². The molecule has 1 saturated carbocycles. The predicted molar refractivity (Wildman–Crippen MR) is 95.9 cm³/mol. The second-order valence-corrected chi connectivity index (χ2v) is 7.62. The lowest BCUT2D eigenvalue weighted by Gasteiger charge is -2.54. The molecule has 1 aliphatic heterocycles. The number of nitrogens with one attached hydrogen (secondary N) is 1. The van der Waals surface area contributed by atoms with Gasteiger partial charge in [-0.2, -0.15) is 0 Å². The zero-order valence-corrected chi connectivity index (χ0v) is 14.6. The molecule has 0 spiro atoms. The fourth-order valence-corrected chi connectivity index (χ4v) is 4.66. The highest BCUT2D eigenvalue weighted by Crippen LogP contribution is 2.43. The van der Waals surface area contributed by atoms with Gasteiger partial charge in [-0.25, -0.2) is 0 Å². The van der Waals surface area contributed by atoms with Gasteiger partial charge in [0.1, 0.15) is 0 Å². The number of carbonyl (C=O) groups excluding carboxylic acids is 1. The third kappa shape index (κ3) is 3.23. The minimum Gasteiger partial charge on any atom is -0.370 e. The number of hydrogen-bond donors (Lipinski definition) is 1. The van der Waals surface area contributed by atoms with E-state index in [4.69, 9.17) is 0 Å². The molecule has 2 aliphatic rings. The van der Waals surface area contributed by atoms with Crippen molar-refractivity contribution in [2.75, 3.05) is 30.4 Å². The number of benzene rings is 1. The first-order valence-electron chi connectivity index (χ1n) is 8.80. The summed E-state index contributed by atoms with van der Waals surface area (Å²) in [5, 5.41) is 2.82. The molecule has 0 unspecified atom stereocenters. The van der Waals surface area contributed by atoms with Crippen molar-refractivity contribution in [2.45, 2.75) is 51.1 Å². The van der Waals surface area contributed by atoms with Crippen molar-refractivity contribution in [3.05, 3.63) is 24.3 Å². The summed E-state index contributed by atoms with van der Waals surface area (Å²) in [6, 6.07) is 8.60. The number of carbonyl (C=O) groups is 1. The highest BCUT2D eigenvalue weighted by atomic mass is 16.1. The van der Waals surface area contributed by atoms with Gasteiger partial charge in [-0.05, 0) is 50.7 Å². The summed E-state index contributed by atoms with van der Waals surface area (Å²) in [5.41, 5.74) is 2.45. The van der Waals surface area contributed by atoms with Crippen LogP contribution in [0.3, 0.4) is 0 Å². The molecular weight excluding hydrogens is 286 g/mol. The van der Waals surface area contributed by atoms with Crippen LogP contribution in [-0.4, -0.2) is 43.0 Å². The smallest absolute Gasteiger partial charge is 0.211 e. The Morgan fingerprint density at radius 3 is 2.52 bits per heavy atom. The Bertz CT molecular complexity index is 545. The highest BCUT2D eigenvalue weighted by Gasteiger charge is 2.43. The molecule has 1 aromatic carbocycles. The van der Waals surface area contributed by atoms with Gasteiger partial charge in [0.2, 0.25) is 6.41 Å². The first-order chi connectivity index (χ1) is 11.0. The Morgan fingerprint density at radius 2 is 1.91 bits per heavy atom. The first kappa shape index (κ1) is 16.3. The average Bonchev–Trinajstić information content (AvgIpc) is 2.54. The van der Waals surface area contributed by atoms with Crippen LogP contribution in [0, 0.1) is 5.92 Å². The van der Waals surface area contributed by atoms with Gasteiger partial charge in [0.25, 0.3) is 0 Å². The number of anilines is 2. The third-order valence-corrected chi connectivity index (χ3v) is 5.85. The number of hydrogen-bond acceptors (Lipinski definition) is 3. The number of likely N-dealkylation sites (tertiary alicyclic amines) is 1. The van der Waals surface area contributed by atoms with Gasteiger partial charge in [-0.3, -0.25) is 9.69 Å². The standard InChI is InChI=1S/C19H29N3O/c1-15-12-19(2,13-15)22-10-8-16(9-11-22)21(3)18-7-5-4-6-17(18)20-14-23/h4-7,14-16H,8-13H2,1-3H3,(H,20,23). The van der Waals surface area contributed by atoms with Crippen molar-refractivity contribution in [1.29, 1.82) is 0 Å². The molecule has 0 bridgehead atoms. The van der Waals surface area contributed by atoms with E-state index in [2.05, 4.69) is 42.1 Å². The zero-order valence-electron chi connectivity index (χ0n) is 14.6. The summed E-state index contributed by atoms with van der Waals surface area (Å²) in [6.07, 6.45) is 5.83. The van der Waals surface area contributed by atoms with E-state index in [1.165, 1.54) is 38.8 Å². The molecule has 0 atom stereocenters. The fraction of sp³-hybridized carbons (Fsp3) is 0.632. The summed E-state index contributed by atoms with van der Waals surface area (Å²) in [6.45, 7) is 7.16. The summed E-state index contributed by atoms with van der Waals surface area (Å²) in [5.74, 6) is 0.890. The first-order valence-corrected chi connectivity index (χ1v) is 8.80. The lowest BCUT2D eigenvalue weighted by Crippen LogP contribution is -2.58. The molecule has 4 nitrogen and oxygen atoms in total. The van der Waals surface area contributed by atoms with Crippen LogP contribution >= 0.6 is 0 Å². The molecule has 0 aromatic heterocycles. The van der Waals surface area contributed by atoms with E-state index in [1.807, 2.05) is 18.2 Å². The molecule has 126 valence electrons. The van der Waals surface area contributed by atoms with Crippen molar-refractivity contribution in [3.63, 3.8) is 0 Å². The maximum Gasteiger partial charge on any atom is 0.211 e. The minimum atomic E-state index is 0.444. The lowest BCUT2D eigenvalue weighted by molar-refractivity contribution is -0.105. The van der Waals surface area contributed by atoms with Crippen LogP contribution in [-0.2, 0) is 4.79 Å². The molecule has 1 amide bonds. The summed E-state index contributed by atoms with van der Waals surface area (Å²) in [7, 11) is 2.15. The Morgan fingerprint density at radius 1 is 1.26 bits per heavy atom. The molecule has 4 heteroatoms. The third-order valence-electron chi connectivity index (χ3n) is 5.85. The summed E-state index contributed by atoms with van der Waals surface area (Å²) < 4.78 is 0. The maximum absolute atomic E-state index is 10.8. The van der Waals surface area contributed by atoms with Crippen LogP contribution in [0.2, 0.25) is 0 Å². The number of para-hydroxylation sites is 2. The normalized spacial score (nSPS) is 28.9. The average molecular weight is 315 g/mol. The van der Waals surface area contributed by atoms with E-state index in [9.17, 15) is 4.79 Å². The molecule has 0 radical (unpaired) electrons. The van der Waals surface area contributed by atoms with E-state index in [0.717, 1.165) is 23.7 Å². The number of rotatable bonds is 5. The molecule has 3 rings (SSSR count). The molecule has 23 heavy (non-hydrogen) atoms. The molecule has 1 saturated heterocycles. The van der Waals surface area contributed by atoms with Crippen LogP contribution in [0.4, 0.5) is 11.4 Å². The maximum atomic E-state index is 10.8. The Hall–Kier alpha value is -1.55. The molecule has 1 N–H and O–H groups in total. The van der Waals surface area contributed by atoms with Gasteiger partial charge in [-0.15, -0.1) is 0 Å². The van der Waals surface area contributed by atoms with Gasteiger partial charge >= 0.3 is 0 Å². The molecule has 1 aliphatic carbocycles. The predicted octanol–water partition coefficient (Wildman–Crippen LogP) is 3.34. The largest absolute Gasteiger partial charge is 0.370 e. The van der Waals surface area contributed by atoms with Crippen molar-refractivity contribution in [2.24, 2.45) is 5.92 Å². The van der Waals surface area contributed by atoms with Gasteiger partial charge in [0.15, 0.2) is 0 Å². The Kier molecular flexibility index (Phi) is 4.62. The van der Waals surface area contributed by atoms with Crippen LogP contribution in [0.5, 0.6) is 0 Å². The van der Waals surface area contributed by atoms with Crippen molar-refractivity contribution >= 4 is 17.8 Å². The van der Waals surface area contributed by atoms with Crippen molar-refractivity contribution in [1.82, 2.24) is 4.90 Å². The van der Waals surface area contributed by atoms with E-state index in [-0.39, 0.29) is 0 Å². The molecule has 1 aromatic rings. The molecule has 1 heterocycles. The number of nitrogens with zero attached hydrogens (tertiary/aromatic N) is 2. The Balaban J connectivity index is 1.62. The summed E-state index contributed by atoms with van der Waals surface area (Å²) >= 11 is 0. The van der Waals surface area contributed by atoms with Gasteiger partial charge in [0, 0.05) is 31.7 Å². The zero-order chi connectivity index (χ0) is 16.4. The lowest BCUT2D eigenvalue weighted by atomic mass is 9.69. The topological polar surface area (TPSA) is 35.6 Å². The van der Waals surface area contributed by atoms with Crippen molar-refractivity contribution in [3.8, 4) is 0 Å². The van der Waals surface area contributed by atoms with Crippen LogP contribution in [0.1, 0.15) is 39.5 Å². The number of piperidine rings is 1. The van der Waals surface area contributed by atoms with Crippen LogP contribution in [0.15, 0.2) is 24.3 Å². The van der Waals surface area contributed by atoms with Gasteiger partial charge < -0.3 is 10.2 Å². The number of amides is 1. The van der Waals surface area contributed by atoms with E-state index in [1.54, 1.807) is 0 Å². The van der Waals surface area contributed by atoms with Crippen molar-refractivity contribution < 1.29 is 4.79 Å². The fourth-order valence-electron chi connectivity index (χ4n) is 4.66. The quantitative estimate of drug-likeness (QED) is 0.847. The second-order valence-electron chi connectivity index (χ2n) is 7.62. The summed E-state index contributed by atoms with van der Waals surface area (Å²) in [4.78, 5) is 15.9. The SMILES string of the molecule is CC1CC(C)(N2CCC(N(C)c3ccccc3NC=O)CC2)C1. The second kappa shape index (κ2) is 6.52.